The van der Waals surface area contributed by atoms with Gasteiger partial charge in [0.15, 0.2) is 11.6 Å². The summed E-state index contributed by atoms with van der Waals surface area (Å²) in [6.07, 6.45) is 2.22. The molecule has 1 aliphatic heterocycles. The predicted octanol–water partition coefficient (Wildman–Crippen LogP) is 1.54. The van der Waals surface area contributed by atoms with Gasteiger partial charge >= 0.3 is 0 Å². The molecule has 1 aliphatic rings. The Morgan fingerprint density at radius 1 is 1.26 bits per heavy atom. The van der Waals surface area contributed by atoms with E-state index in [9.17, 15) is 9.90 Å². The minimum atomic E-state index is -0.277. The molecule has 7 heteroatoms. The summed E-state index contributed by atoms with van der Waals surface area (Å²) in [5.74, 6) is 0.0702. The molecule has 0 saturated carbocycles. The first-order chi connectivity index (χ1) is 11.1. The van der Waals surface area contributed by atoms with Crippen molar-refractivity contribution in [3.05, 3.63) is 41.6 Å². The van der Waals surface area contributed by atoms with Gasteiger partial charge in [0, 0.05) is 11.1 Å². The average Bonchev–Trinajstić information content (AvgIpc) is 2.57. The highest BCUT2D eigenvalue weighted by Crippen LogP contribution is 2.27. The van der Waals surface area contributed by atoms with Crippen LogP contribution in [-0.2, 0) is 4.74 Å². The summed E-state index contributed by atoms with van der Waals surface area (Å²) in [5.41, 5.74) is 13.0. The zero-order valence-corrected chi connectivity index (χ0v) is 12.3. The number of rotatable bonds is 3. The topological polar surface area (TPSA) is 124 Å². The van der Waals surface area contributed by atoms with Gasteiger partial charge in [-0.1, -0.05) is 18.2 Å². The Bertz CT molecular complexity index is 802. The Balaban J connectivity index is 2.07. The molecule has 5 N–H and O–H groups in total. The number of carbonyl (C=O) groups is 1. The molecule has 1 aromatic heterocycles. The molecule has 0 bridgehead atoms. The maximum absolute atomic E-state index is 12.6. The van der Waals surface area contributed by atoms with E-state index < -0.39 is 0 Å². The number of phenols is 1. The molecule has 0 aliphatic carbocycles. The summed E-state index contributed by atoms with van der Waals surface area (Å²) in [6.45, 7) is 0.873. The zero-order chi connectivity index (χ0) is 16.4. The molecule has 2 aromatic rings. The fourth-order valence-electron chi connectivity index (χ4n) is 2.32. The SMILES string of the molecule is Nc1nc(-c2cccc(O)c2)nc(C(=O)C2=CCOCC2)c1N. The van der Waals surface area contributed by atoms with Gasteiger partial charge in [0.2, 0.25) is 5.78 Å². The van der Waals surface area contributed by atoms with Crippen molar-refractivity contribution in [1.82, 2.24) is 9.97 Å². The van der Waals surface area contributed by atoms with E-state index >= 15 is 0 Å². The number of aromatic nitrogens is 2. The molecule has 1 aromatic carbocycles. The first kappa shape index (κ1) is 15.0. The van der Waals surface area contributed by atoms with Crippen molar-refractivity contribution in [1.29, 1.82) is 0 Å². The monoisotopic (exact) mass is 312 g/mol. The molecular weight excluding hydrogens is 296 g/mol. The van der Waals surface area contributed by atoms with E-state index in [1.54, 1.807) is 18.2 Å². The second kappa shape index (κ2) is 6.05. The maximum Gasteiger partial charge on any atom is 0.209 e. The molecule has 23 heavy (non-hydrogen) atoms. The normalized spacial score (nSPS) is 14.3. The van der Waals surface area contributed by atoms with Gasteiger partial charge in [0.1, 0.15) is 17.1 Å². The Hall–Kier alpha value is -2.93. The van der Waals surface area contributed by atoms with Gasteiger partial charge in [-0.15, -0.1) is 0 Å². The van der Waals surface area contributed by atoms with Gasteiger partial charge < -0.3 is 21.3 Å². The largest absolute Gasteiger partial charge is 0.508 e. The van der Waals surface area contributed by atoms with Gasteiger partial charge in [0.25, 0.3) is 0 Å². The van der Waals surface area contributed by atoms with Crippen LogP contribution < -0.4 is 11.5 Å². The van der Waals surface area contributed by atoms with Crippen molar-refractivity contribution >= 4 is 17.3 Å². The van der Waals surface area contributed by atoms with Gasteiger partial charge in [-0.3, -0.25) is 4.79 Å². The fraction of sp³-hybridized carbons (Fsp3) is 0.188. The van der Waals surface area contributed by atoms with Gasteiger partial charge in [0.05, 0.1) is 13.2 Å². The third kappa shape index (κ3) is 3.00. The summed E-state index contributed by atoms with van der Waals surface area (Å²) >= 11 is 0. The van der Waals surface area contributed by atoms with Crippen LogP contribution in [0.5, 0.6) is 5.75 Å². The number of hydrogen-bond donors (Lipinski definition) is 3. The van der Waals surface area contributed by atoms with E-state index in [2.05, 4.69) is 9.97 Å². The number of nitrogens with two attached hydrogens (primary N) is 2. The van der Waals surface area contributed by atoms with Crippen LogP contribution in [0.25, 0.3) is 11.4 Å². The van der Waals surface area contributed by atoms with Crippen LogP contribution in [0.1, 0.15) is 16.9 Å². The molecule has 118 valence electrons. The molecule has 2 heterocycles. The first-order valence-electron chi connectivity index (χ1n) is 7.10. The lowest BCUT2D eigenvalue weighted by molar-refractivity contribution is 0.0991. The highest BCUT2D eigenvalue weighted by molar-refractivity contribution is 6.11. The van der Waals surface area contributed by atoms with E-state index in [-0.39, 0.29) is 34.6 Å². The van der Waals surface area contributed by atoms with Crippen molar-refractivity contribution in [2.75, 3.05) is 24.7 Å². The molecule has 3 rings (SSSR count). The van der Waals surface area contributed by atoms with Crippen LogP contribution in [0, 0.1) is 0 Å². The maximum atomic E-state index is 12.6. The van der Waals surface area contributed by atoms with Crippen molar-refractivity contribution in [2.24, 2.45) is 0 Å². The lowest BCUT2D eigenvalue weighted by Gasteiger charge is -2.14. The van der Waals surface area contributed by atoms with Crippen molar-refractivity contribution in [3.63, 3.8) is 0 Å². The lowest BCUT2D eigenvalue weighted by atomic mass is 10.0. The van der Waals surface area contributed by atoms with Crippen LogP contribution in [0.15, 0.2) is 35.9 Å². The van der Waals surface area contributed by atoms with E-state index in [0.29, 0.717) is 30.8 Å². The predicted molar refractivity (Wildman–Crippen MR) is 85.8 cm³/mol. The second-order valence-electron chi connectivity index (χ2n) is 5.13. The van der Waals surface area contributed by atoms with Crippen molar-refractivity contribution in [2.45, 2.75) is 6.42 Å². The fourth-order valence-corrected chi connectivity index (χ4v) is 2.32. The number of hydrogen-bond acceptors (Lipinski definition) is 7. The number of aromatic hydroxyl groups is 1. The zero-order valence-electron chi connectivity index (χ0n) is 12.3. The molecule has 0 fully saturated rings. The molecule has 0 radical (unpaired) electrons. The van der Waals surface area contributed by atoms with Gasteiger partial charge in [-0.2, -0.15) is 0 Å². The molecule has 0 saturated heterocycles. The summed E-state index contributed by atoms with van der Waals surface area (Å²) in [6, 6.07) is 6.39. The lowest BCUT2D eigenvalue weighted by Crippen LogP contribution is -2.17. The molecule has 0 atom stereocenters. The van der Waals surface area contributed by atoms with Crippen LogP contribution in [0.2, 0.25) is 0 Å². The van der Waals surface area contributed by atoms with Crippen LogP contribution in [0.4, 0.5) is 11.5 Å². The Labute approximate surface area is 132 Å². The number of ether oxygens (including phenoxy) is 1. The molecule has 0 amide bonds. The van der Waals surface area contributed by atoms with Gasteiger partial charge in [-0.25, -0.2) is 9.97 Å². The highest BCUT2D eigenvalue weighted by atomic mass is 16.5. The van der Waals surface area contributed by atoms with Gasteiger partial charge in [-0.05, 0) is 18.6 Å². The summed E-state index contributed by atoms with van der Waals surface area (Å²) in [7, 11) is 0. The first-order valence-corrected chi connectivity index (χ1v) is 7.10. The highest BCUT2D eigenvalue weighted by Gasteiger charge is 2.22. The number of anilines is 2. The number of carbonyl (C=O) groups excluding carboxylic acids is 1. The van der Waals surface area contributed by atoms with Crippen LogP contribution in [0.3, 0.4) is 0 Å². The van der Waals surface area contributed by atoms with E-state index in [4.69, 9.17) is 16.2 Å². The molecule has 0 unspecified atom stereocenters. The number of benzene rings is 1. The molecule has 0 spiro atoms. The van der Waals surface area contributed by atoms with Crippen molar-refractivity contribution < 1.29 is 14.6 Å². The second-order valence-corrected chi connectivity index (χ2v) is 5.13. The third-order valence-corrected chi connectivity index (χ3v) is 3.55. The minimum absolute atomic E-state index is 0.0364. The van der Waals surface area contributed by atoms with E-state index in [1.807, 2.05) is 0 Å². The number of Topliss-reactive ketones (excluding diaryl/α,β-unsaturated/α-hetero) is 1. The smallest absolute Gasteiger partial charge is 0.209 e. The quantitative estimate of drug-likeness (QED) is 0.734. The molecular formula is C16H16N4O3. The number of phenolic OH excluding ortho intramolecular Hbond substituents is 1. The number of ketones is 1. The number of nitrogen functional groups attached to an aromatic ring is 2. The molecule has 7 nitrogen and oxygen atoms in total. The Morgan fingerprint density at radius 2 is 2.09 bits per heavy atom. The van der Waals surface area contributed by atoms with E-state index in [0.717, 1.165) is 0 Å². The Kier molecular flexibility index (Phi) is 3.94. The summed E-state index contributed by atoms with van der Waals surface area (Å²) < 4.78 is 5.20. The standard InChI is InChI=1S/C16H16N4O3/c17-12-13(14(22)9-4-6-23-7-5-9)19-16(20-15(12)18)10-2-1-3-11(21)8-10/h1-4,8,21H,5-7,17H2,(H2,18,19,20). The average molecular weight is 312 g/mol. The van der Waals surface area contributed by atoms with Crippen molar-refractivity contribution in [3.8, 4) is 17.1 Å². The number of nitrogens with zero attached hydrogens (tertiary/aromatic N) is 2. The Morgan fingerprint density at radius 3 is 2.78 bits per heavy atom. The van der Waals surface area contributed by atoms with E-state index in [1.165, 1.54) is 12.1 Å². The minimum Gasteiger partial charge on any atom is -0.508 e. The van der Waals surface area contributed by atoms with Crippen LogP contribution >= 0.6 is 0 Å². The summed E-state index contributed by atoms with van der Waals surface area (Å²) in [5, 5.41) is 9.58. The summed E-state index contributed by atoms with van der Waals surface area (Å²) in [4.78, 5) is 21.0. The van der Waals surface area contributed by atoms with Crippen LogP contribution in [-0.4, -0.2) is 34.1 Å². The third-order valence-electron chi connectivity index (χ3n) is 3.55.